The van der Waals surface area contributed by atoms with E-state index in [2.05, 4.69) is 21.6 Å². The predicted octanol–water partition coefficient (Wildman–Crippen LogP) is 5.88. The number of aromatic nitrogens is 3. The van der Waals surface area contributed by atoms with Gasteiger partial charge in [0.2, 0.25) is 5.91 Å². The van der Waals surface area contributed by atoms with Gasteiger partial charge < -0.3 is 5.32 Å². The molecule has 0 saturated heterocycles. The average Bonchev–Trinajstić information content (AvgIpc) is 3.48. The molecular formula is C24H18N4OS2. The summed E-state index contributed by atoms with van der Waals surface area (Å²) in [5.74, 6) is 0.932. The molecule has 0 aliphatic heterocycles. The van der Waals surface area contributed by atoms with Gasteiger partial charge in [-0.1, -0.05) is 66.4 Å². The molecule has 0 aliphatic rings. The van der Waals surface area contributed by atoms with Crippen LogP contribution in [0.5, 0.6) is 0 Å². The van der Waals surface area contributed by atoms with Gasteiger partial charge in [0, 0.05) is 11.4 Å². The van der Waals surface area contributed by atoms with Crippen molar-refractivity contribution in [2.45, 2.75) is 5.16 Å². The minimum absolute atomic E-state index is 0.0828. The van der Waals surface area contributed by atoms with Crippen LogP contribution in [0.2, 0.25) is 0 Å². The number of nitrogens with one attached hydrogen (secondary N) is 1. The summed E-state index contributed by atoms with van der Waals surface area (Å²) in [6, 6.07) is 28.0. The van der Waals surface area contributed by atoms with Gasteiger partial charge in [0.25, 0.3) is 0 Å². The fraction of sp³-hybridized carbons (Fsp3) is 0.0417. The molecule has 0 unspecified atom stereocenters. The number of hydrogen-bond donors (Lipinski definition) is 1. The van der Waals surface area contributed by atoms with E-state index in [4.69, 9.17) is 0 Å². The van der Waals surface area contributed by atoms with Crippen LogP contribution in [-0.4, -0.2) is 26.4 Å². The molecule has 2 heterocycles. The van der Waals surface area contributed by atoms with Crippen LogP contribution in [0.15, 0.2) is 95.5 Å². The number of anilines is 1. The molecule has 2 aromatic heterocycles. The number of rotatable bonds is 6. The Morgan fingerprint density at radius 3 is 2.52 bits per heavy atom. The zero-order chi connectivity index (χ0) is 21.0. The van der Waals surface area contributed by atoms with Crippen molar-refractivity contribution in [2.24, 2.45) is 0 Å². The van der Waals surface area contributed by atoms with Gasteiger partial charge in [0.05, 0.1) is 10.6 Å². The Bertz CT molecular complexity index is 1330. The average molecular weight is 443 g/mol. The van der Waals surface area contributed by atoms with Crippen molar-refractivity contribution in [1.29, 1.82) is 0 Å². The van der Waals surface area contributed by atoms with E-state index in [0.717, 1.165) is 32.8 Å². The second-order valence-corrected chi connectivity index (χ2v) is 8.74. The van der Waals surface area contributed by atoms with E-state index in [1.807, 2.05) is 88.8 Å². The van der Waals surface area contributed by atoms with Crippen molar-refractivity contribution in [3.63, 3.8) is 0 Å². The smallest absolute Gasteiger partial charge is 0.234 e. The Morgan fingerprint density at radius 2 is 1.71 bits per heavy atom. The minimum atomic E-state index is -0.0828. The highest BCUT2D eigenvalue weighted by Crippen LogP contribution is 2.30. The van der Waals surface area contributed by atoms with Gasteiger partial charge in [-0.15, -0.1) is 21.5 Å². The molecule has 0 spiro atoms. The van der Waals surface area contributed by atoms with Gasteiger partial charge in [-0.25, -0.2) is 0 Å². The standard InChI is InChI=1S/C24H18N4OS2/c29-22(25-19-13-12-17-7-4-5-8-18(17)15-19)16-31-24-27-26-23(21-11-6-14-30-21)28(24)20-9-2-1-3-10-20/h1-15H,16H2,(H,25,29). The quantitative estimate of drug-likeness (QED) is 0.334. The number of thiophene rings is 1. The fourth-order valence-electron chi connectivity index (χ4n) is 3.33. The number of para-hydroxylation sites is 1. The molecule has 0 bridgehead atoms. The lowest BCUT2D eigenvalue weighted by Gasteiger charge is -2.10. The van der Waals surface area contributed by atoms with Crippen LogP contribution in [0.1, 0.15) is 0 Å². The zero-order valence-corrected chi connectivity index (χ0v) is 18.1. The summed E-state index contributed by atoms with van der Waals surface area (Å²) < 4.78 is 2.00. The number of benzene rings is 3. The topological polar surface area (TPSA) is 59.8 Å². The third-order valence-corrected chi connectivity index (χ3v) is 6.55. The van der Waals surface area contributed by atoms with E-state index in [-0.39, 0.29) is 11.7 Å². The highest BCUT2D eigenvalue weighted by atomic mass is 32.2. The SMILES string of the molecule is O=C(CSc1nnc(-c2cccs2)n1-c1ccccc1)Nc1ccc2ccccc2c1. The van der Waals surface area contributed by atoms with Gasteiger partial charge >= 0.3 is 0 Å². The number of carbonyl (C=O) groups excluding carboxylic acids is 1. The van der Waals surface area contributed by atoms with Crippen LogP contribution >= 0.6 is 23.1 Å². The molecule has 0 radical (unpaired) electrons. The Balaban J connectivity index is 1.35. The molecule has 0 saturated carbocycles. The van der Waals surface area contributed by atoms with Crippen LogP contribution in [0, 0.1) is 0 Å². The first-order valence-electron chi connectivity index (χ1n) is 9.74. The summed E-state index contributed by atoms with van der Waals surface area (Å²) in [7, 11) is 0. The van der Waals surface area contributed by atoms with Crippen molar-refractivity contribution in [3.05, 3.63) is 90.3 Å². The maximum Gasteiger partial charge on any atom is 0.234 e. The number of carbonyl (C=O) groups is 1. The molecule has 31 heavy (non-hydrogen) atoms. The first-order valence-corrected chi connectivity index (χ1v) is 11.6. The second kappa shape index (κ2) is 8.75. The van der Waals surface area contributed by atoms with E-state index >= 15 is 0 Å². The van der Waals surface area contributed by atoms with Crippen LogP contribution in [0.4, 0.5) is 5.69 Å². The van der Waals surface area contributed by atoms with E-state index in [9.17, 15) is 4.79 Å². The lowest BCUT2D eigenvalue weighted by Crippen LogP contribution is -2.14. The maximum absolute atomic E-state index is 12.6. The highest BCUT2D eigenvalue weighted by molar-refractivity contribution is 7.99. The second-order valence-electron chi connectivity index (χ2n) is 6.85. The molecule has 0 fully saturated rings. The van der Waals surface area contributed by atoms with Crippen LogP contribution in [0.3, 0.4) is 0 Å². The Labute approximate surface area is 187 Å². The van der Waals surface area contributed by atoms with E-state index in [1.54, 1.807) is 11.3 Å². The Hall–Kier alpha value is -3.42. The van der Waals surface area contributed by atoms with Crippen LogP contribution in [-0.2, 0) is 4.79 Å². The number of fused-ring (bicyclic) bond motifs is 1. The molecule has 0 atom stereocenters. The first kappa shape index (κ1) is 19.5. The van der Waals surface area contributed by atoms with Crippen molar-refractivity contribution in [2.75, 3.05) is 11.1 Å². The van der Waals surface area contributed by atoms with Crippen molar-refractivity contribution < 1.29 is 4.79 Å². The molecule has 7 heteroatoms. The highest BCUT2D eigenvalue weighted by Gasteiger charge is 2.17. The van der Waals surface area contributed by atoms with Crippen LogP contribution < -0.4 is 5.32 Å². The summed E-state index contributed by atoms with van der Waals surface area (Å²) >= 11 is 2.99. The normalized spacial score (nSPS) is 11.0. The monoisotopic (exact) mass is 442 g/mol. The number of thioether (sulfide) groups is 1. The first-order chi connectivity index (χ1) is 15.3. The number of amides is 1. The summed E-state index contributed by atoms with van der Waals surface area (Å²) in [6.07, 6.45) is 0. The molecular weight excluding hydrogens is 424 g/mol. The Morgan fingerprint density at radius 1 is 0.903 bits per heavy atom. The molecule has 5 nitrogen and oxygen atoms in total. The Kier molecular flexibility index (Phi) is 5.52. The molecule has 0 aliphatic carbocycles. The molecule has 1 N–H and O–H groups in total. The number of hydrogen-bond acceptors (Lipinski definition) is 5. The zero-order valence-electron chi connectivity index (χ0n) is 16.4. The van der Waals surface area contributed by atoms with Gasteiger partial charge in [-0.2, -0.15) is 0 Å². The van der Waals surface area contributed by atoms with Crippen LogP contribution in [0.25, 0.3) is 27.2 Å². The molecule has 5 rings (SSSR count). The van der Waals surface area contributed by atoms with Crippen molar-refractivity contribution in [3.8, 4) is 16.4 Å². The lowest BCUT2D eigenvalue weighted by molar-refractivity contribution is -0.113. The minimum Gasteiger partial charge on any atom is -0.325 e. The largest absolute Gasteiger partial charge is 0.325 e. The summed E-state index contributed by atoms with van der Waals surface area (Å²) in [6.45, 7) is 0. The van der Waals surface area contributed by atoms with Gasteiger partial charge in [0.1, 0.15) is 0 Å². The van der Waals surface area contributed by atoms with Gasteiger partial charge in [-0.3, -0.25) is 9.36 Å². The maximum atomic E-state index is 12.6. The lowest BCUT2D eigenvalue weighted by atomic mass is 10.1. The molecule has 5 aromatic rings. The third-order valence-electron chi connectivity index (χ3n) is 4.75. The summed E-state index contributed by atoms with van der Waals surface area (Å²) in [4.78, 5) is 13.6. The predicted molar refractivity (Wildman–Crippen MR) is 128 cm³/mol. The summed E-state index contributed by atoms with van der Waals surface area (Å²) in [5.41, 5.74) is 1.75. The van der Waals surface area contributed by atoms with Crippen molar-refractivity contribution >= 4 is 45.5 Å². The van der Waals surface area contributed by atoms with Gasteiger partial charge in [0.15, 0.2) is 11.0 Å². The van der Waals surface area contributed by atoms with E-state index in [1.165, 1.54) is 11.8 Å². The molecule has 1 amide bonds. The molecule has 3 aromatic carbocycles. The third kappa shape index (κ3) is 4.23. The van der Waals surface area contributed by atoms with E-state index < -0.39 is 0 Å². The summed E-state index contributed by atoms with van der Waals surface area (Å²) in [5, 5.41) is 16.7. The van der Waals surface area contributed by atoms with E-state index in [0.29, 0.717) is 5.16 Å². The molecule has 152 valence electrons. The number of nitrogens with zero attached hydrogens (tertiary/aromatic N) is 3. The fourth-order valence-corrected chi connectivity index (χ4v) is 4.78. The van der Waals surface area contributed by atoms with Gasteiger partial charge in [-0.05, 0) is 46.5 Å². The van der Waals surface area contributed by atoms with Crippen molar-refractivity contribution in [1.82, 2.24) is 14.8 Å².